The Kier molecular flexibility index (Phi) is 11.0. The number of nitrogens with zero attached hydrogens (tertiary/aromatic N) is 2. The Bertz CT molecular complexity index is 1670. The zero-order valence-electron chi connectivity index (χ0n) is 24.9. The van der Waals surface area contributed by atoms with Crippen LogP contribution in [-0.4, -0.2) is 50.9 Å². The molecule has 8 nitrogen and oxygen atoms in total. The van der Waals surface area contributed by atoms with E-state index in [-0.39, 0.29) is 41.2 Å². The number of carbonyl (C=O) groups excluding carboxylic acids is 2. The molecular formula is C34H36ClN3O5S. The number of methoxy groups -OCH3 is 1. The Balaban J connectivity index is 1.83. The normalized spacial score (nSPS) is 11.9. The standard InChI is InChI=1S/C34H36ClN3O5S/c1-25(2)36-34(40)31(22-26-14-6-4-7-15-26)37(23-27-16-10-11-19-29(27)35)33(39)24-38(30-20-12-13-21-32(30)43-3)44(41,42)28-17-8-5-9-18-28/h4-21,25,31H,22-24H2,1-3H3,(H,36,40). The van der Waals surface area contributed by atoms with Crippen LogP contribution >= 0.6 is 11.6 Å². The molecule has 0 aliphatic heterocycles. The van der Waals surface area contributed by atoms with Crippen LogP contribution in [0, 0.1) is 0 Å². The summed E-state index contributed by atoms with van der Waals surface area (Å²) in [6.07, 6.45) is 0.204. The van der Waals surface area contributed by atoms with Gasteiger partial charge in [0.05, 0.1) is 17.7 Å². The number of hydrogen-bond acceptors (Lipinski definition) is 5. The summed E-state index contributed by atoms with van der Waals surface area (Å²) in [4.78, 5) is 29.7. The summed E-state index contributed by atoms with van der Waals surface area (Å²) in [6, 6.07) is 29.8. The number of halogens is 1. The molecule has 0 spiro atoms. The molecule has 0 aliphatic rings. The van der Waals surface area contributed by atoms with Gasteiger partial charge in [-0.25, -0.2) is 8.42 Å². The van der Waals surface area contributed by atoms with Crippen LogP contribution in [-0.2, 0) is 32.6 Å². The van der Waals surface area contributed by atoms with E-state index in [1.165, 1.54) is 24.1 Å². The molecule has 0 aliphatic carbocycles. The van der Waals surface area contributed by atoms with E-state index in [0.717, 1.165) is 9.87 Å². The number of ether oxygens (including phenoxy) is 1. The van der Waals surface area contributed by atoms with Gasteiger partial charge in [0.25, 0.3) is 10.0 Å². The molecule has 4 rings (SSSR count). The van der Waals surface area contributed by atoms with Crippen molar-refractivity contribution in [2.45, 2.75) is 43.8 Å². The van der Waals surface area contributed by atoms with Crippen LogP contribution in [0.1, 0.15) is 25.0 Å². The van der Waals surface area contributed by atoms with Crippen LogP contribution < -0.4 is 14.4 Å². The summed E-state index contributed by atoms with van der Waals surface area (Å²) in [5, 5.41) is 3.36. The summed E-state index contributed by atoms with van der Waals surface area (Å²) in [6.45, 7) is 3.07. The Morgan fingerprint density at radius 2 is 1.43 bits per heavy atom. The molecule has 44 heavy (non-hydrogen) atoms. The molecule has 1 N–H and O–H groups in total. The van der Waals surface area contributed by atoms with Gasteiger partial charge in [-0.2, -0.15) is 0 Å². The summed E-state index contributed by atoms with van der Waals surface area (Å²) in [5.41, 5.74) is 1.65. The predicted octanol–water partition coefficient (Wildman–Crippen LogP) is 5.71. The number of rotatable bonds is 13. The van der Waals surface area contributed by atoms with E-state index in [0.29, 0.717) is 10.6 Å². The largest absolute Gasteiger partial charge is 0.495 e. The minimum atomic E-state index is -4.24. The van der Waals surface area contributed by atoms with Gasteiger partial charge in [0.1, 0.15) is 18.3 Å². The molecule has 10 heteroatoms. The molecule has 0 fully saturated rings. The molecule has 1 unspecified atom stereocenters. The topological polar surface area (TPSA) is 96.0 Å². The average Bonchev–Trinajstić information content (AvgIpc) is 3.02. The first-order valence-electron chi connectivity index (χ1n) is 14.2. The molecule has 230 valence electrons. The third-order valence-electron chi connectivity index (χ3n) is 6.96. The minimum Gasteiger partial charge on any atom is -0.495 e. The van der Waals surface area contributed by atoms with E-state index >= 15 is 0 Å². The van der Waals surface area contributed by atoms with Gasteiger partial charge in [0.15, 0.2) is 0 Å². The van der Waals surface area contributed by atoms with Crippen molar-refractivity contribution in [1.82, 2.24) is 10.2 Å². The molecule has 2 amide bonds. The molecule has 0 radical (unpaired) electrons. The van der Waals surface area contributed by atoms with Gasteiger partial charge in [-0.15, -0.1) is 0 Å². The maximum absolute atomic E-state index is 14.5. The fraction of sp³-hybridized carbons (Fsp3) is 0.235. The summed E-state index contributed by atoms with van der Waals surface area (Å²) in [7, 11) is -2.81. The van der Waals surface area contributed by atoms with E-state index < -0.39 is 28.5 Å². The third kappa shape index (κ3) is 7.98. The van der Waals surface area contributed by atoms with Crippen molar-refractivity contribution in [3.05, 3.63) is 125 Å². The molecule has 4 aromatic carbocycles. The number of para-hydroxylation sites is 2. The first-order chi connectivity index (χ1) is 21.1. The van der Waals surface area contributed by atoms with E-state index in [2.05, 4.69) is 5.32 Å². The third-order valence-corrected chi connectivity index (χ3v) is 9.11. The van der Waals surface area contributed by atoms with Gasteiger partial charge in [0.2, 0.25) is 11.8 Å². The smallest absolute Gasteiger partial charge is 0.264 e. The highest BCUT2D eigenvalue weighted by Crippen LogP contribution is 2.33. The SMILES string of the molecule is COc1ccccc1N(CC(=O)N(Cc1ccccc1Cl)C(Cc1ccccc1)C(=O)NC(C)C)S(=O)(=O)c1ccccc1. The van der Waals surface area contributed by atoms with Crippen molar-refractivity contribution < 1.29 is 22.7 Å². The molecular weight excluding hydrogens is 598 g/mol. The Morgan fingerprint density at radius 3 is 2.07 bits per heavy atom. The monoisotopic (exact) mass is 633 g/mol. The molecule has 0 bridgehead atoms. The second kappa shape index (κ2) is 14.9. The number of amides is 2. The lowest BCUT2D eigenvalue weighted by atomic mass is 10.0. The minimum absolute atomic E-state index is 0.00902. The van der Waals surface area contributed by atoms with Crippen molar-refractivity contribution in [2.75, 3.05) is 18.0 Å². The van der Waals surface area contributed by atoms with Crippen molar-refractivity contribution in [1.29, 1.82) is 0 Å². The Morgan fingerprint density at radius 1 is 0.841 bits per heavy atom. The van der Waals surface area contributed by atoms with Crippen LogP contribution in [0.2, 0.25) is 5.02 Å². The summed E-state index contributed by atoms with van der Waals surface area (Å²) >= 11 is 6.53. The number of carbonyl (C=O) groups is 2. The van der Waals surface area contributed by atoms with Crippen molar-refractivity contribution in [3.63, 3.8) is 0 Å². The van der Waals surface area contributed by atoms with Crippen LogP contribution in [0.15, 0.2) is 114 Å². The van der Waals surface area contributed by atoms with Gasteiger partial charge in [0, 0.05) is 24.0 Å². The highest BCUT2D eigenvalue weighted by Gasteiger charge is 2.35. The zero-order chi connectivity index (χ0) is 31.7. The van der Waals surface area contributed by atoms with Crippen LogP contribution in [0.25, 0.3) is 0 Å². The van der Waals surface area contributed by atoms with Crippen LogP contribution in [0.5, 0.6) is 5.75 Å². The number of hydrogen-bond donors (Lipinski definition) is 1. The second-order valence-corrected chi connectivity index (χ2v) is 12.7. The second-order valence-electron chi connectivity index (χ2n) is 10.5. The fourth-order valence-corrected chi connectivity index (χ4v) is 6.45. The zero-order valence-corrected chi connectivity index (χ0v) is 26.5. The predicted molar refractivity (Wildman–Crippen MR) is 173 cm³/mol. The van der Waals surface area contributed by atoms with Crippen molar-refractivity contribution in [3.8, 4) is 5.75 Å². The average molecular weight is 634 g/mol. The van der Waals surface area contributed by atoms with Gasteiger partial charge in [-0.05, 0) is 55.3 Å². The summed E-state index contributed by atoms with van der Waals surface area (Å²) in [5.74, 6) is -0.676. The van der Waals surface area contributed by atoms with Gasteiger partial charge in [-0.1, -0.05) is 90.5 Å². The lowest BCUT2D eigenvalue weighted by Gasteiger charge is -2.34. The van der Waals surface area contributed by atoms with Crippen LogP contribution in [0.3, 0.4) is 0 Å². The van der Waals surface area contributed by atoms with E-state index in [1.54, 1.807) is 66.7 Å². The molecule has 4 aromatic rings. The number of benzene rings is 4. The first-order valence-corrected chi connectivity index (χ1v) is 16.0. The van der Waals surface area contributed by atoms with Crippen molar-refractivity contribution >= 4 is 39.1 Å². The first kappa shape index (κ1) is 32.6. The Labute approximate surface area is 264 Å². The molecule has 0 aromatic heterocycles. The van der Waals surface area contributed by atoms with Gasteiger partial charge >= 0.3 is 0 Å². The molecule has 0 heterocycles. The quantitative estimate of drug-likeness (QED) is 0.204. The van der Waals surface area contributed by atoms with E-state index in [1.807, 2.05) is 44.2 Å². The van der Waals surface area contributed by atoms with E-state index in [9.17, 15) is 18.0 Å². The Hall–Kier alpha value is -4.34. The number of anilines is 1. The highest BCUT2D eigenvalue weighted by atomic mass is 35.5. The lowest BCUT2D eigenvalue weighted by molar-refractivity contribution is -0.140. The molecule has 1 atom stereocenters. The van der Waals surface area contributed by atoms with Gasteiger partial charge in [-0.3, -0.25) is 13.9 Å². The lowest BCUT2D eigenvalue weighted by Crippen LogP contribution is -2.54. The number of sulfonamides is 1. The summed E-state index contributed by atoms with van der Waals surface area (Å²) < 4.78 is 34.8. The fourth-order valence-electron chi connectivity index (χ4n) is 4.81. The van der Waals surface area contributed by atoms with Crippen molar-refractivity contribution in [2.24, 2.45) is 0 Å². The van der Waals surface area contributed by atoms with Crippen LogP contribution in [0.4, 0.5) is 5.69 Å². The maximum Gasteiger partial charge on any atom is 0.264 e. The number of nitrogens with one attached hydrogen (secondary N) is 1. The maximum atomic E-state index is 14.5. The molecule has 0 saturated heterocycles. The highest BCUT2D eigenvalue weighted by molar-refractivity contribution is 7.92. The van der Waals surface area contributed by atoms with E-state index in [4.69, 9.17) is 16.3 Å². The molecule has 0 saturated carbocycles. The van der Waals surface area contributed by atoms with Gasteiger partial charge < -0.3 is 15.0 Å².